The Labute approximate surface area is 288 Å². The molecule has 0 unspecified atom stereocenters. The second-order valence-corrected chi connectivity index (χ2v) is 12.5. The molecule has 0 fully saturated rings. The molecule has 10 aromatic rings. The summed E-state index contributed by atoms with van der Waals surface area (Å²) < 4.78 is 4.66. The van der Waals surface area contributed by atoms with E-state index in [1.54, 1.807) is 0 Å². The third-order valence-corrected chi connectivity index (χ3v) is 9.62. The minimum atomic E-state index is 0.641. The average molecular weight is 640 g/mol. The highest BCUT2D eigenvalue weighted by Gasteiger charge is 2.18. The molecule has 0 N–H and O–H groups in total. The molecular formula is C45H29N5. The van der Waals surface area contributed by atoms with Gasteiger partial charge in [-0.25, -0.2) is 15.0 Å². The lowest BCUT2D eigenvalue weighted by Gasteiger charge is -2.12. The molecule has 3 heterocycles. The fourth-order valence-corrected chi connectivity index (χ4v) is 7.27. The van der Waals surface area contributed by atoms with Crippen molar-refractivity contribution in [2.75, 3.05) is 0 Å². The van der Waals surface area contributed by atoms with E-state index in [2.05, 4.69) is 125 Å². The number of hydrogen-bond acceptors (Lipinski definition) is 3. The quantitative estimate of drug-likeness (QED) is 0.188. The van der Waals surface area contributed by atoms with Crippen molar-refractivity contribution in [3.63, 3.8) is 0 Å². The first-order valence-corrected chi connectivity index (χ1v) is 16.8. The number of fused-ring (bicyclic) bond motifs is 7. The summed E-state index contributed by atoms with van der Waals surface area (Å²) in [5.41, 5.74) is 8.63. The summed E-state index contributed by atoms with van der Waals surface area (Å²) >= 11 is 0. The van der Waals surface area contributed by atoms with Crippen LogP contribution in [-0.2, 0) is 0 Å². The molecule has 234 valence electrons. The zero-order valence-corrected chi connectivity index (χ0v) is 27.0. The van der Waals surface area contributed by atoms with Crippen molar-refractivity contribution in [3.05, 3.63) is 176 Å². The Hall–Kier alpha value is -6.85. The van der Waals surface area contributed by atoms with E-state index in [0.29, 0.717) is 17.5 Å². The predicted molar refractivity (Wildman–Crippen MR) is 205 cm³/mol. The maximum absolute atomic E-state index is 4.95. The Morgan fingerprint density at radius 2 is 0.820 bits per heavy atom. The van der Waals surface area contributed by atoms with Crippen molar-refractivity contribution in [1.29, 1.82) is 0 Å². The second kappa shape index (κ2) is 11.4. The Balaban J connectivity index is 1.14. The number of benzene rings is 7. The van der Waals surface area contributed by atoms with Crippen LogP contribution in [0.2, 0.25) is 0 Å². The first-order valence-electron chi connectivity index (χ1n) is 16.8. The molecule has 0 radical (unpaired) electrons. The molecule has 3 aromatic heterocycles. The maximum atomic E-state index is 4.95. The van der Waals surface area contributed by atoms with Gasteiger partial charge in [0.05, 0.1) is 16.6 Å². The van der Waals surface area contributed by atoms with E-state index < -0.39 is 0 Å². The van der Waals surface area contributed by atoms with Crippen LogP contribution in [0.25, 0.3) is 89.0 Å². The molecule has 50 heavy (non-hydrogen) atoms. The van der Waals surface area contributed by atoms with Crippen LogP contribution in [0.1, 0.15) is 0 Å². The van der Waals surface area contributed by atoms with Crippen LogP contribution in [0, 0.1) is 0 Å². The molecule has 0 aliphatic rings. The molecular weight excluding hydrogens is 611 g/mol. The second-order valence-electron chi connectivity index (χ2n) is 12.5. The molecule has 5 heteroatoms. The van der Waals surface area contributed by atoms with Crippen molar-refractivity contribution >= 4 is 43.5 Å². The molecule has 0 atom stereocenters. The topological polar surface area (TPSA) is 48.5 Å². The first-order chi connectivity index (χ1) is 24.8. The summed E-state index contributed by atoms with van der Waals surface area (Å²) in [6, 6.07) is 59.3. The highest BCUT2D eigenvalue weighted by Crippen LogP contribution is 2.39. The molecule has 7 aromatic carbocycles. The number of rotatable bonds is 5. The summed E-state index contributed by atoms with van der Waals surface area (Å²) in [5.74, 6) is 1.95. The Bertz CT molecular complexity index is 2780. The zero-order chi connectivity index (χ0) is 33.0. The standard InChI is InChI=1S/C45H29N5/c1-4-12-30(13-5-1)43-46-44(31-14-6-2-7-15-31)48-45(47-43)32-20-22-34(23-21-32)50-41-19-11-10-18-36(41)39-25-24-35-37-28-29-49(33-16-8-3-9-17-33)40(37)27-26-38(35)42(39)50/h1-29H. The van der Waals surface area contributed by atoms with Crippen LogP contribution in [0.15, 0.2) is 176 Å². The molecule has 5 nitrogen and oxygen atoms in total. The monoisotopic (exact) mass is 639 g/mol. The molecule has 0 bridgehead atoms. The van der Waals surface area contributed by atoms with Gasteiger partial charge in [-0.1, -0.05) is 115 Å². The minimum absolute atomic E-state index is 0.641. The molecule has 10 rings (SSSR count). The smallest absolute Gasteiger partial charge is 0.164 e. The summed E-state index contributed by atoms with van der Waals surface area (Å²) in [4.78, 5) is 14.8. The van der Waals surface area contributed by atoms with Crippen LogP contribution >= 0.6 is 0 Å². The molecule has 0 amide bonds. The summed E-state index contributed by atoms with van der Waals surface area (Å²) in [6.07, 6.45) is 2.17. The van der Waals surface area contributed by atoms with E-state index in [4.69, 9.17) is 15.0 Å². The van der Waals surface area contributed by atoms with Gasteiger partial charge < -0.3 is 9.13 Å². The molecule has 0 saturated heterocycles. The van der Waals surface area contributed by atoms with Crippen molar-refractivity contribution in [3.8, 4) is 45.5 Å². The van der Waals surface area contributed by atoms with Crippen molar-refractivity contribution < 1.29 is 0 Å². The van der Waals surface area contributed by atoms with Crippen molar-refractivity contribution in [2.24, 2.45) is 0 Å². The summed E-state index contributed by atoms with van der Waals surface area (Å²) in [5, 5.41) is 6.15. The minimum Gasteiger partial charge on any atom is -0.317 e. The predicted octanol–water partition coefficient (Wildman–Crippen LogP) is 11.1. The molecule has 0 spiro atoms. The van der Waals surface area contributed by atoms with Crippen LogP contribution in [-0.4, -0.2) is 24.1 Å². The number of nitrogens with zero attached hydrogens (tertiary/aromatic N) is 5. The van der Waals surface area contributed by atoms with Crippen molar-refractivity contribution in [2.45, 2.75) is 0 Å². The lowest BCUT2D eigenvalue weighted by atomic mass is 10.0. The van der Waals surface area contributed by atoms with Crippen LogP contribution in [0.4, 0.5) is 0 Å². The largest absolute Gasteiger partial charge is 0.317 e. The van der Waals surface area contributed by atoms with E-state index in [-0.39, 0.29) is 0 Å². The van der Waals surface area contributed by atoms with Crippen LogP contribution in [0.3, 0.4) is 0 Å². The van der Waals surface area contributed by atoms with E-state index in [9.17, 15) is 0 Å². The van der Waals surface area contributed by atoms with Gasteiger partial charge in [0.2, 0.25) is 0 Å². The van der Waals surface area contributed by atoms with Gasteiger partial charge in [-0.15, -0.1) is 0 Å². The van der Waals surface area contributed by atoms with Crippen LogP contribution < -0.4 is 0 Å². The van der Waals surface area contributed by atoms with Crippen molar-refractivity contribution in [1.82, 2.24) is 24.1 Å². The molecule has 0 aliphatic carbocycles. The Morgan fingerprint density at radius 3 is 1.48 bits per heavy atom. The average Bonchev–Trinajstić information content (AvgIpc) is 3.79. The Kier molecular flexibility index (Phi) is 6.42. The molecule has 0 saturated carbocycles. The first kappa shape index (κ1) is 28.2. The van der Waals surface area contributed by atoms with Gasteiger partial charge in [-0.3, -0.25) is 0 Å². The Morgan fingerprint density at radius 1 is 0.320 bits per heavy atom. The third kappa shape index (κ3) is 4.52. The zero-order valence-electron chi connectivity index (χ0n) is 27.0. The highest BCUT2D eigenvalue weighted by molar-refractivity contribution is 6.22. The summed E-state index contributed by atoms with van der Waals surface area (Å²) in [7, 11) is 0. The summed E-state index contributed by atoms with van der Waals surface area (Å²) in [6.45, 7) is 0. The SMILES string of the molecule is c1ccc(-c2nc(-c3ccccc3)nc(-c3ccc(-n4c5ccccc5c5ccc6c7ccn(-c8ccccc8)c7ccc6c54)cc3)n2)cc1. The van der Waals surface area contributed by atoms with E-state index >= 15 is 0 Å². The van der Waals surface area contributed by atoms with Gasteiger partial charge in [0.15, 0.2) is 17.5 Å². The third-order valence-electron chi connectivity index (χ3n) is 9.62. The number of hydrogen-bond donors (Lipinski definition) is 0. The van der Waals surface area contributed by atoms with E-state index in [1.165, 1.54) is 43.5 Å². The molecule has 0 aliphatic heterocycles. The van der Waals surface area contributed by atoms with E-state index in [0.717, 1.165) is 28.1 Å². The normalized spacial score (nSPS) is 11.6. The van der Waals surface area contributed by atoms with Gasteiger partial charge in [0.25, 0.3) is 0 Å². The highest BCUT2D eigenvalue weighted by atomic mass is 15.0. The van der Waals surface area contributed by atoms with Gasteiger partial charge in [-0.2, -0.15) is 0 Å². The lowest BCUT2D eigenvalue weighted by molar-refractivity contribution is 1.07. The van der Waals surface area contributed by atoms with Gasteiger partial charge in [-0.05, 0) is 60.0 Å². The van der Waals surface area contributed by atoms with Gasteiger partial charge >= 0.3 is 0 Å². The number of aromatic nitrogens is 5. The number of para-hydroxylation sites is 2. The lowest BCUT2D eigenvalue weighted by Crippen LogP contribution is -2.00. The van der Waals surface area contributed by atoms with Gasteiger partial charge in [0, 0.05) is 55.8 Å². The van der Waals surface area contributed by atoms with E-state index in [1.807, 2.05) is 60.7 Å². The van der Waals surface area contributed by atoms with Crippen LogP contribution in [0.5, 0.6) is 0 Å². The fraction of sp³-hybridized carbons (Fsp3) is 0. The van der Waals surface area contributed by atoms with Gasteiger partial charge in [0.1, 0.15) is 0 Å². The fourth-order valence-electron chi connectivity index (χ4n) is 7.27. The maximum Gasteiger partial charge on any atom is 0.164 e.